The number of aromatic hydroxyl groups is 1. The number of hydrazone groups is 1. The van der Waals surface area contributed by atoms with Crippen LogP contribution in [0, 0.1) is 0 Å². The summed E-state index contributed by atoms with van der Waals surface area (Å²) >= 11 is 0. The van der Waals surface area contributed by atoms with E-state index in [9.17, 15) is 9.90 Å². The van der Waals surface area contributed by atoms with Gasteiger partial charge >= 0.3 is 0 Å². The van der Waals surface area contributed by atoms with Gasteiger partial charge in [-0.2, -0.15) is 5.10 Å². The van der Waals surface area contributed by atoms with Crippen molar-refractivity contribution in [3.63, 3.8) is 0 Å². The molecule has 23 heavy (non-hydrogen) atoms. The van der Waals surface area contributed by atoms with E-state index in [1.165, 1.54) is 6.21 Å². The second-order valence-corrected chi connectivity index (χ2v) is 5.37. The number of carbonyl (C=O) groups excluding carboxylic acids is 1. The Bertz CT molecular complexity index is 679. The molecule has 0 aliphatic heterocycles. The first-order valence-corrected chi connectivity index (χ1v) is 7.39. The summed E-state index contributed by atoms with van der Waals surface area (Å²) in [6, 6.07) is 14.2. The van der Waals surface area contributed by atoms with Crippen molar-refractivity contribution < 1.29 is 14.6 Å². The maximum atomic E-state index is 11.8. The van der Waals surface area contributed by atoms with Crippen molar-refractivity contribution in [1.29, 1.82) is 0 Å². The molecule has 0 aliphatic rings. The maximum Gasteiger partial charge on any atom is 0.277 e. The van der Waals surface area contributed by atoms with Gasteiger partial charge in [0.25, 0.3) is 5.91 Å². The number of nitrogens with zero attached hydrogens (tertiary/aromatic N) is 1. The molecule has 0 saturated carbocycles. The first kappa shape index (κ1) is 16.5. The Labute approximate surface area is 135 Å². The summed E-state index contributed by atoms with van der Waals surface area (Å²) in [6.45, 7) is 4.05. The predicted octanol–water partition coefficient (Wildman–Crippen LogP) is 3.04. The summed E-state index contributed by atoms with van der Waals surface area (Å²) in [5.74, 6) is 0.879. The highest BCUT2D eigenvalue weighted by Crippen LogP contribution is 2.25. The van der Waals surface area contributed by atoms with Crippen molar-refractivity contribution in [3.8, 4) is 11.5 Å². The fourth-order valence-electron chi connectivity index (χ4n) is 2.00. The summed E-state index contributed by atoms with van der Waals surface area (Å²) in [5.41, 5.74) is 4.24. The lowest BCUT2D eigenvalue weighted by Crippen LogP contribution is -2.24. The minimum absolute atomic E-state index is 0.101. The lowest BCUT2D eigenvalue weighted by molar-refractivity contribution is -0.123. The van der Waals surface area contributed by atoms with Crippen LogP contribution in [0.25, 0.3) is 0 Å². The van der Waals surface area contributed by atoms with Gasteiger partial charge in [-0.1, -0.05) is 32.0 Å². The van der Waals surface area contributed by atoms with E-state index in [0.29, 0.717) is 11.7 Å². The van der Waals surface area contributed by atoms with Crippen molar-refractivity contribution in [3.05, 3.63) is 59.7 Å². The van der Waals surface area contributed by atoms with E-state index in [0.717, 1.165) is 11.1 Å². The van der Waals surface area contributed by atoms with Gasteiger partial charge in [-0.05, 0) is 47.4 Å². The van der Waals surface area contributed by atoms with Gasteiger partial charge in [0.15, 0.2) is 6.61 Å². The van der Waals surface area contributed by atoms with Gasteiger partial charge in [-0.15, -0.1) is 0 Å². The molecular formula is C18H20N2O3. The van der Waals surface area contributed by atoms with E-state index in [1.807, 2.05) is 24.3 Å². The average Bonchev–Trinajstić information content (AvgIpc) is 2.55. The number of phenols is 1. The van der Waals surface area contributed by atoms with E-state index < -0.39 is 0 Å². The molecule has 2 aromatic carbocycles. The number of benzene rings is 2. The largest absolute Gasteiger partial charge is 0.508 e. The first-order chi connectivity index (χ1) is 11.1. The first-order valence-electron chi connectivity index (χ1n) is 7.39. The van der Waals surface area contributed by atoms with Crippen LogP contribution >= 0.6 is 0 Å². The quantitative estimate of drug-likeness (QED) is 0.636. The van der Waals surface area contributed by atoms with Gasteiger partial charge in [-0.25, -0.2) is 5.43 Å². The van der Waals surface area contributed by atoms with E-state index >= 15 is 0 Å². The number of amides is 1. The van der Waals surface area contributed by atoms with Gasteiger partial charge < -0.3 is 9.84 Å². The molecule has 0 heterocycles. The fraction of sp³-hybridized carbons (Fsp3) is 0.222. The molecule has 0 radical (unpaired) electrons. The number of para-hydroxylation sites is 1. The zero-order valence-corrected chi connectivity index (χ0v) is 13.2. The molecule has 0 fully saturated rings. The van der Waals surface area contributed by atoms with Crippen LogP contribution in [0.5, 0.6) is 11.5 Å². The number of hydrogen-bond donors (Lipinski definition) is 2. The zero-order chi connectivity index (χ0) is 16.7. The average molecular weight is 312 g/mol. The Hall–Kier alpha value is -2.82. The highest BCUT2D eigenvalue weighted by molar-refractivity contribution is 5.83. The molecule has 2 N–H and O–H groups in total. The van der Waals surface area contributed by atoms with Crippen molar-refractivity contribution >= 4 is 12.1 Å². The highest BCUT2D eigenvalue weighted by Gasteiger charge is 2.08. The summed E-state index contributed by atoms with van der Waals surface area (Å²) in [7, 11) is 0. The standard InChI is InChI=1S/C18H20N2O3/c1-13(2)16-5-3-4-6-17(16)23-12-18(22)20-19-11-14-7-9-15(21)10-8-14/h3-11,13,21H,12H2,1-2H3,(H,20,22). The van der Waals surface area contributed by atoms with E-state index in [4.69, 9.17) is 4.74 Å². The second kappa shape index (κ2) is 7.98. The van der Waals surface area contributed by atoms with Crippen LogP contribution in [-0.2, 0) is 4.79 Å². The second-order valence-electron chi connectivity index (χ2n) is 5.37. The third-order valence-corrected chi connectivity index (χ3v) is 3.20. The van der Waals surface area contributed by atoms with Crippen molar-refractivity contribution in [2.24, 2.45) is 5.10 Å². The Kier molecular flexibility index (Phi) is 5.74. The molecule has 5 nitrogen and oxygen atoms in total. The van der Waals surface area contributed by atoms with Gasteiger partial charge in [0, 0.05) is 0 Å². The molecule has 0 atom stereocenters. The Morgan fingerprint density at radius 1 is 1.22 bits per heavy atom. The Morgan fingerprint density at radius 2 is 1.91 bits per heavy atom. The van der Waals surface area contributed by atoms with E-state index in [2.05, 4.69) is 24.4 Å². The van der Waals surface area contributed by atoms with Crippen molar-refractivity contribution in [1.82, 2.24) is 5.43 Å². The minimum atomic E-state index is -0.335. The zero-order valence-electron chi connectivity index (χ0n) is 13.2. The Morgan fingerprint density at radius 3 is 2.61 bits per heavy atom. The number of hydrogen-bond acceptors (Lipinski definition) is 4. The summed E-state index contributed by atoms with van der Waals surface area (Å²) in [6.07, 6.45) is 1.50. The fourth-order valence-corrected chi connectivity index (χ4v) is 2.00. The van der Waals surface area contributed by atoms with Crippen LogP contribution in [0.3, 0.4) is 0 Å². The number of carbonyl (C=O) groups is 1. The normalized spacial score (nSPS) is 10.9. The third-order valence-electron chi connectivity index (χ3n) is 3.20. The number of nitrogens with one attached hydrogen (secondary N) is 1. The highest BCUT2D eigenvalue weighted by atomic mass is 16.5. The smallest absolute Gasteiger partial charge is 0.277 e. The summed E-state index contributed by atoms with van der Waals surface area (Å²) in [4.78, 5) is 11.8. The molecule has 120 valence electrons. The van der Waals surface area contributed by atoms with E-state index in [1.54, 1.807) is 24.3 Å². The van der Waals surface area contributed by atoms with E-state index in [-0.39, 0.29) is 18.3 Å². The van der Waals surface area contributed by atoms with Crippen LogP contribution in [0.4, 0.5) is 0 Å². The van der Waals surface area contributed by atoms with Crippen LogP contribution in [0.15, 0.2) is 53.6 Å². The van der Waals surface area contributed by atoms with Gasteiger partial charge in [0.05, 0.1) is 6.21 Å². The lowest BCUT2D eigenvalue weighted by Gasteiger charge is -2.12. The van der Waals surface area contributed by atoms with Crippen LogP contribution in [0.1, 0.15) is 30.9 Å². The molecule has 0 saturated heterocycles. The SMILES string of the molecule is CC(C)c1ccccc1OCC(=O)NN=Cc1ccc(O)cc1. The van der Waals surface area contributed by atoms with Gasteiger partial charge in [0.1, 0.15) is 11.5 Å². The molecular weight excluding hydrogens is 292 g/mol. The molecule has 0 unspecified atom stereocenters. The molecule has 0 bridgehead atoms. The molecule has 2 aromatic rings. The topological polar surface area (TPSA) is 70.9 Å². The lowest BCUT2D eigenvalue weighted by atomic mass is 10.0. The van der Waals surface area contributed by atoms with Crippen LogP contribution in [-0.4, -0.2) is 23.8 Å². The number of phenolic OH excluding ortho intramolecular Hbond substituents is 1. The molecule has 0 spiro atoms. The molecule has 1 amide bonds. The van der Waals surface area contributed by atoms with Gasteiger partial charge in [-0.3, -0.25) is 4.79 Å². The molecule has 0 aliphatic carbocycles. The van der Waals surface area contributed by atoms with Crippen molar-refractivity contribution in [2.75, 3.05) is 6.61 Å². The molecule has 5 heteroatoms. The monoisotopic (exact) mass is 312 g/mol. The minimum Gasteiger partial charge on any atom is -0.508 e. The molecule has 2 rings (SSSR count). The summed E-state index contributed by atoms with van der Waals surface area (Å²) in [5, 5.41) is 13.0. The van der Waals surface area contributed by atoms with Gasteiger partial charge in [0.2, 0.25) is 0 Å². The predicted molar refractivity (Wildman–Crippen MR) is 89.9 cm³/mol. The number of rotatable bonds is 6. The Balaban J connectivity index is 1.85. The third kappa shape index (κ3) is 5.14. The summed E-state index contributed by atoms with van der Waals surface area (Å²) < 4.78 is 5.56. The maximum absolute atomic E-state index is 11.8. The van der Waals surface area contributed by atoms with Crippen LogP contribution < -0.4 is 10.2 Å². The van der Waals surface area contributed by atoms with Crippen LogP contribution in [0.2, 0.25) is 0 Å². The number of ether oxygens (including phenoxy) is 1. The molecule has 0 aromatic heterocycles. The van der Waals surface area contributed by atoms with Crippen molar-refractivity contribution in [2.45, 2.75) is 19.8 Å².